The first kappa shape index (κ1) is 13.2. The molecule has 1 atom stereocenters. The fraction of sp³-hybridized carbons (Fsp3) is 0.385. The molecule has 0 radical (unpaired) electrons. The van der Waals surface area contributed by atoms with Gasteiger partial charge in [-0.2, -0.15) is 0 Å². The molecular weight excluding hydrogens is 248 g/mol. The minimum Gasteiger partial charge on any atom is -0.497 e. The number of nitrogens with one attached hydrogen (secondary N) is 1. The van der Waals surface area contributed by atoms with Crippen LogP contribution in [0, 0.1) is 0 Å². The summed E-state index contributed by atoms with van der Waals surface area (Å²) in [6.45, 7) is 0.462. The van der Waals surface area contributed by atoms with E-state index >= 15 is 0 Å². The average molecular weight is 264 g/mol. The van der Waals surface area contributed by atoms with Crippen LogP contribution >= 0.6 is 0 Å². The van der Waals surface area contributed by atoms with Crippen molar-refractivity contribution in [3.05, 3.63) is 24.3 Å². The van der Waals surface area contributed by atoms with Crippen LogP contribution in [0.25, 0.3) is 0 Å². The van der Waals surface area contributed by atoms with Gasteiger partial charge in [0.2, 0.25) is 0 Å². The molecule has 1 fully saturated rings. The van der Waals surface area contributed by atoms with Crippen molar-refractivity contribution in [2.75, 3.05) is 18.6 Å². The predicted molar refractivity (Wildman–Crippen MR) is 69.5 cm³/mol. The van der Waals surface area contributed by atoms with Gasteiger partial charge < -0.3 is 15.2 Å². The van der Waals surface area contributed by atoms with E-state index in [9.17, 15) is 9.59 Å². The summed E-state index contributed by atoms with van der Waals surface area (Å²) >= 11 is 0. The quantitative estimate of drug-likeness (QED) is 0.843. The van der Waals surface area contributed by atoms with E-state index < -0.39 is 5.97 Å². The Labute approximate surface area is 111 Å². The lowest BCUT2D eigenvalue weighted by Gasteiger charge is -2.23. The van der Waals surface area contributed by atoms with Gasteiger partial charge in [0.1, 0.15) is 5.75 Å². The van der Waals surface area contributed by atoms with E-state index in [0.717, 1.165) is 0 Å². The summed E-state index contributed by atoms with van der Waals surface area (Å²) < 4.78 is 5.13. The molecule has 1 aromatic carbocycles. The first-order valence-electron chi connectivity index (χ1n) is 6.04. The van der Waals surface area contributed by atoms with Crippen molar-refractivity contribution in [3.63, 3.8) is 0 Å². The Kier molecular flexibility index (Phi) is 3.89. The molecule has 2 N–H and O–H groups in total. The van der Waals surface area contributed by atoms with Crippen molar-refractivity contribution >= 4 is 17.7 Å². The van der Waals surface area contributed by atoms with Crippen LogP contribution in [-0.2, 0) is 4.79 Å². The van der Waals surface area contributed by atoms with Gasteiger partial charge in [-0.3, -0.25) is 9.69 Å². The summed E-state index contributed by atoms with van der Waals surface area (Å²) in [6, 6.07) is 6.82. The SMILES string of the molecule is COc1cccc(N2C(=O)NCC2CCC(=O)O)c1. The van der Waals surface area contributed by atoms with Crippen LogP contribution in [0.15, 0.2) is 24.3 Å². The normalized spacial score (nSPS) is 18.3. The van der Waals surface area contributed by atoms with Crippen molar-refractivity contribution in [2.24, 2.45) is 0 Å². The van der Waals surface area contributed by atoms with Crippen LogP contribution in [0.2, 0.25) is 0 Å². The number of rotatable bonds is 5. The maximum absolute atomic E-state index is 11.9. The second-order valence-corrected chi connectivity index (χ2v) is 4.34. The fourth-order valence-corrected chi connectivity index (χ4v) is 2.16. The van der Waals surface area contributed by atoms with Gasteiger partial charge in [-0.1, -0.05) is 6.07 Å². The summed E-state index contributed by atoms with van der Waals surface area (Å²) in [5, 5.41) is 11.5. The molecule has 1 aliphatic rings. The Balaban J connectivity index is 2.18. The Morgan fingerprint density at radius 3 is 3.05 bits per heavy atom. The zero-order valence-electron chi connectivity index (χ0n) is 10.6. The third-order valence-corrected chi connectivity index (χ3v) is 3.10. The number of hydrogen-bond donors (Lipinski definition) is 2. The van der Waals surface area contributed by atoms with Crippen LogP contribution in [0.3, 0.4) is 0 Å². The number of carbonyl (C=O) groups is 2. The van der Waals surface area contributed by atoms with E-state index in [1.165, 1.54) is 0 Å². The fourth-order valence-electron chi connectivity index (χ4n) is 2.16. The van der Waals surface area contributed by atoms with Crippen LogP contribution in [0.4, 0.5) is 10.5 Å². The van der Waals surface area contributed by atoms with Crippen LogP contribution in [-0.4, -0.2) is 36.8 Å². The van der Waals surface area contributed by atoms with Gasteiger partial charge >= 0.3 is 12.0 Å². The number of benzene rings is 1. The van der Waals surface area contributed by atoms with Gasteiger partial charge in [-0.25, -0.2) is 4.79 Å². The predicted octanol–water partition coefficient (Wildman–Crippen LogP) is 1.46. The molecule has 0 aliphatic carbocycles. The molecule has 1 unspecified atom stereocenters. The van der Waals surface area contributed by atoms with Crippen LogP contribution in [0.5, 0.6) is 5.75 Å². The monoisotopic (exact) mass is 264 g/mol. The van der Waals surface area contributed by atoms with Crippen molar-refractivity contribution in [1.82, 2.24) is 5.32 Å². The Bertz CT molecular complexity index is 489. The number of carboxylic acid groups (broad SMARTS) is 1. The molecule has 0 spiro atoms. The molecular formula is C13H16N2O4. The summed E-state index contributed by atoms with van der Waals surface area (Å²) in [5.41, 5.74) is 0.713. The third-order valence-electron chi connectivity index (χ3n) is 3.10. The molecule has 102 valence electrons. The van der Waals surface area contributed by atoms with Gasteiger partial charge in [0.15, 0.2) is 0 Å². The standard InChI is InChI=1S/C13H16N2O4/c1-19-11-4-2-3-9(7-11)15-10(5-6-12(16)17)8-14-13(15)18/h2-4,7,10H,5-6,8H2,1H3,(H,14,18)(H,16,17). The highest BCUT2D eigenvalue weighted by molar-refractivity contribution is 5.95. The number of ether oxygens (including phenoxy) is 1. The lowest BCUT2D eigenvalue weighted by molar-refractivity contribution is -0.137. The Hall–Kier alpha value is -2.24. The third kappa shape index (κ3) is 2.96. The Morgan fingerprint density at radius 2 is 2.37 bits per heavy atom. The largest absolute Gasteiger partial charge is 0.497 e. The molecule has 0 aromatic heterocycles. The van der Waals surface area contributed by atoms with E-state index in [1.54, 1.807) is 36.3 Å². The van der Waals surface area contributed by atoms with Crippen LogP contribution in [0.1, 0.15) is 12.8 Å². The van der Waals surface area contributed by atoms with Gasteiger partial charge in [0.05, 0.1) is 13.2 Å². The molecule has 6 heteroatoms. The second kappa shape index (κ2) is 5.60. The first-order chi connectivity index (χ1) is 9.11. The number of amides is 2. The number of methoxy groups -OCH3 is 1. The molecule has 2 amide bonds. The van der Waals surface area contributed by atoms with E-state index in [1.807, 2.05) is 0 Å². The van der Waals surface area contributed by atoms with Crippen molar-refractivity contribution < 1.29 is 19.4 Å². The van der Waals surface area contributed by atoms with Gasteiger partial charge in [0.25, 0.3) is 0 Å². The zero-order valence-corrected chi connectivity index (χ0v) is 10.6. The molecule has 1 saturated heterocycles. The van der Waals surface area contributed by atoms with Crippen molar-refractivity contribution in [3.8, 4) is 5.75 Å². The number of carbonyl (C=O) groups excluding carboxylic acids is 1. The second-order valence-electron chi connectivity index (χ2n) is 4.34. The highest BCUT2D eigenvalue weighted by Gasteiger charge is 2.32. The molecule has 0 saturated carbocycles. The summed E-state index contributed by atoms with van der Waals surface area (Å²) in [4.78, 5) is 24.1. The zero-order chi connectivity index (χ0) is 13.8. The number of anilines is 1. The van der Waals surface area contributed by atoms with Crippen molar-refractivity contribution in [2.45, 2.75) is 18.9 Å². The van der Waals surface area contributed by atoms with E-state index in [0.29, 0.717) is 24.4 Å². The molecule has 0 bridgehead atoms. The molecule has 19 heavy (non-hydrogen) atoms. The highest BCUT2D eigenvalue weighted by atomic mass is 16.5. The van der Waals surface area contributed by atoms with E-state index in [4.69, 9.17) is 9.84 Å². The summed E-state index contributed by atoms with van der Waals surface area (Å²) in [7, 11) is 1.56. The lowest BCUT2D eigenvalue weighted by atomic mass is 10.1. The number of nitrogens with zero attached hydrogens (tertiary/aromatic N) is 1. The number of carboxylic acids is 1. The summed E-state index contributed by atoms with van der Waals surface area (Å²) in [5.74, 6) is -0.195. The topological polar surface area (TPSA) is 78.9 Å². The van der Waals surface area contributed by atoms with Crippen molar-refractivity contribution in [1.29, 1.82) is 0 Å². The minimum atomic E-state index is -0.857. The number of aliphatic carboxylic acids is 1. The average Bonchev–Trinajstić information content (AvgIpc) is 2.77. The molecule has 6 nitrogen and oxygen atoms in total. The molecule has 1 aliphatic heterocycles. The molecule has 2 rings (SSSR count). The maximum Gasteiger partial charge on any atom is 0.322 e. The van der Waals surface area contributed by atoms with E-state index in [-0.39, 0.29) is 18.5 Å². The molecule has 1 aromatic rings. The maximum atomic E-state index is 11.9. The summed E-state index contributed by atoms with van der Waals surface area (Å²) in [6.07, 6.45) is 0.464. The van der Waals surface area contributed by atoms with E-state index in [2.05, 4.69) is 5.32 Å². The smallest absolute Gasteiger partial charge is 0.322 e. The number of urea groups is 1. The Morgan fingerprint density at radius 1 is 1.58 bits per heavy atom. The van der Waals surface area contributed by atoms with Gasteiger partial charge in [0, 0.05) is 24.7 Å². The number of hydrogen-bond acceptors (Lipinski definition) is 3. The lowest BCUT2D eigenvalue weighted by Crippen LogP contribution is -2.34. The van der Waals surface area contributed by atoms with Gasteiger partial charge in [-0.05, 0) is 18.6 Å². The first-order valence-corrected chi connectivity index (χ1v) is 6.04. The van der Waals surface area contributed by atoms with Gasteiger partial charge in [-0.15, -0.1) is 0 Å². The highest BCUT2D eigenvalue weighted by Crippen LogP contribution is 2.26. The van der Waals surface area contributed by atoms with Crippen LogP contribution < -0.4 is 15.0 Å². The molecule has 1 heterocycles. The minimum absolute atomic E-state index is 0.0418.